The zero-order valence-electron chi connectivity index (χ0n) is 12.5. The molecule has 1 amide bonds. The van der Waals surface area contributed by atoms with Gasteiger partial charge in [-0.1, -0.05) is 37.0 Å². The van der Waals surface area contributed by atoms with Gasteiger partial charge in [-0.2, -0.15) is 0 Å². The van der Waals surface area contributed by atoms with E-state index in [-0.39, 0.29) is 30.3 Å². The van der Waals surface area contributed by atoms with Crippen LogP contribution in [-0.2, 0) is 4.79 Å². The third-order valence-electron chi connectivity index (χ3n) is 2.87. The summed E-state index contributed by atoms with van der Waals surface area (Å²) in [4.78, 5) is 13.9. The minimum Gasteiger partial charge on any atom is -0.330 e. The Kier molecular flexibility index (Phi) is 8.59. The number of nitrogens with two attached hydrogens (primary N) is 1. The molecule has 4 nitrogen and oxygen atoms in total. The molecular formula is C14H22Cl3N3O. The maximum absolute atomic E-state index is 12.0. The van der Waals surface area contributed by atoms with Crippen molar-refractivity contribution in [3.63, 3.8) is 0 Å². The van der Waals surface area contributed by atoms with Crippen molar-refractivity contribution < 1.29 is 4.79 Å². The fourth-order valence-corrected chi connectivity index (χ4v) is 2.22. The molecule has 0 saturated carbocycles. The van der Waals surface area contributed by atoms with E-state index < -0.39 is 0 Å². The van der Waals surface area contributed by atoms with E-state index >= 15 is 0 Å². The number of benzene rings is 1. The molecule has 1 rings (SSSR count). The first kappa shape index (κ1) is 20.5. The molecule has 0 aliphatic rings. The number of carbonyl (C=O) groups is 1. The standard InChI is InChI=1S/C14H21Cl2N3O.ClH/c1-14(2,8-17)9-19(3)7-13(20)18-12-6-10(15)4-5-11(12)16;/h4-6H,7-9,17H2,1-3H3,(H,18,20);1H. The molecule has 0 spiro atoms. The molecule has 0 aliphatic carbocycles. The zero-order valence-corrected chi connectivity index (χ0v) is 14.8. The van der Waals surface area contributed by atoms with Gasteiger partial charge in [0.25, 0.3) is 0 Å². The Balaban J connectivity index is 0.00000400. The van der Waals surface area contributed by atoms with Crippen molar-refractivity contribution in [1.29, 1.82) is 0 Å². The van der Waals surface area contributed by atoms with Gasteiger partial charge < -0.3 is 11.1 Å². The summed E-state index contributed by atoms with van der Waals surface area (Å²) in [5.74, 6) is -0.135. The Hall–Kier alpha value is -0.520. The number of hydrogen-bond acceptors (Lipinski definition) is 3. The molecule has 0 heterocycles. The van der Waals surface area contributed by atoms with Gasteiger partial charge in [0.1, 0.15) is 0 Å². The largest absolute Gasteiger partial charge is 0.330 e. The van der Waals surface area contributed by atoms with Crippen LogP contribution in [0.2, 0.25) is 10.0 Å². The van der Waals surface area contributed by atoms with E-state index in [0.29, 0.717) is 22.3 Å². The quantitative estimate of drug-likeness (QED) is 0.824. The number of nitrogens with one attached hydrogen (secondary N) is 1. The number of amides is 1. The Morgan fingerprint density at radius 2 is 2.00 bits per heavy atom. The van der Waals surface area contributed by atoms with Gasteiger partial charge in [0, 0.05) is 11.6 Å². The predicted molar refractivity (Wildman–Crippen MR) is 92.7 cm³/mol. The molecule has 0 fully saturated rings. The van der Waals surface area contributed by atoms with Crippen LogP contribution in [0, 0.1) is 5.41 Å². The van der Waals surface area contributed by atoms with E-state index in [1.807, 2.05) is 11.9 Å². The number of halogens is 3. The smallest absolute Gasteiger partial charge is 0.238 e. The monoisotopic (exact) mass is 353 g/mol. The Labute approximate surface area is 142 Å². The van der Waals surface area contributed by atoms with Crippen LogP contribution in [0.3, 0.4) is 0 Å². The number of nitrogens with zero attached hydrogens (tertiary/aromatic N) is 1. The SMILES string of the molecule is CN(CC(=O)Nc1cc(Cl)ccc1Cl)CC(C)(C)CN.Cl. The summed E-state index contributed by atoms with van der Waals surface area (Å²) in [6.07, 6.45) is 0. The van der Waals surface area contributed by atoms with Gasteiger partial charge in [0.05, 0.1) is 17.3 Å². The molecule has 0 saturated heterocycles. The summed E-state index contributed by atoms with van der Waals surface area (Å²) >= 11 is 11.9. The van der Waals surface area contributed by atoms with Crippen molar-refractivity contribution in [2.75, 3.05) is 32.0 Å². The maximum atomic E-state index is 12.0. The molecule has 1 aromatic carbocycles. The zero-order chi connectivity index (χ0) is 15.3. The van der Waals surface area contributed by atoms with Crippen LogP contribution in [0.1, 0.15) is 13.8 Å². The molecule has 3 N–H and O–H groups in total. The van der Waals surface area contributed by atoms with Gasteiger partial charge >= 0.3 is 0 Å². The van der Waals surface area contributed by atoms with Crippen LogP contribution in [0.25, 0.3) is 0 Å². The summed E-state index contributed by atoms with van der Waals surface area (Å²) in [5, 5.41) is 3.75. The van der Waals surface area contributed by atoms with Crippen LogP contribution >= 0.6 is 35.6 Å². The number of anilines is 1. The summed E-state index contributed by atoms with van der Waals surface area (Å²) in [6, 6.07) is 4.96. The lowest BCUT2D eigenvalue weighted by molar-refractivity contribution is -0.117. The highest BCUT2D eigenvalue weighted by atomic mass is 35.5. The van der Waals surface area contributed by atoms with Crippen molar-refractivity contribution >= 4 is 47.2 Å². The van der Waals surface area contributed by atoms with E-state index in [1.165, 1.54) is 0 Å². The lowest BCUT2D eigenvalue weighted by atomic mass is 9.93. The first-order valence-corrected chi connectivity index (χ1v) is 7.12. The minimum atomic E-state index is -0.135. The highest BCUT2D eigenvalue weighted by Crippen LogP contribution is 2.25. The second-order valence-electron chi connectivity index (χ2n) is 5.71. The van der Waals surface area contributed by atoms with E-state index in [2.05, 4.69) is 19.2 Å². The van der Waals surface area contributed by atoms with Crippen LogP contribution < -0.4 is 11.1 Å². The third kappa shape index (κ3) is 7.34. The summed E-state index contributed by atoms with van der Waals surface area (Å²) < 4.78 is 0. The van der Waals surface area contributed by atoms with E-state index in [9.17, 15) is 4.79 Å². The summed E-state index contributed by atoms with van der Waals surface area (Å²) in [6.45, 7) is 5.70. The molecule has 1 aromatic rings. The van der Waals surface area contributed by atoms with E-state index in [1.54, 1.807) is 18.2 Å². The molecular weight excluding hydrogens is 333 g/mol. The molecule has 7 heteroatoms. The molecule has 0 aromatic heterocycles. The summed E-state index contributed by atoms with van der Waals surface area (Å²) in [5.41, 5.74) is 6.18. The number of carbonyl (C=O) groups excluding carboxylic acids is 1. The molecule has 0 unspecified atom stereocenters. The van der Waals surface area contributed by atoms with Gasteiger partial charge in [-0.05, 0) is 37.2 Å². The fraction of sp³-hybridized carbons (Fsp3) is 0.500. The Morgan fingerprint density at radius 3 is 2.57 bits per heavy atom. The third-order valence-corrected chi connectivity index (χ3v) is 3.43. The Morgan fingerprint density at radius 1 is 1.38 bits per heavy atom. The fourth-order valence-electron chi connectivity index (χ4n) is 1.88. The molecule has 0 bridgehead atoms. The highest BCUT2D eigenvalue weighted by molar-refractivity contribution is 6.35. The maximum Gasteiger partial charge on any atom is 0.238 e. The van der Waals surface area contributed by atoms with E-state index in [0.717, 1.165) is 6.54 Å². The van der Waals surface area contributed by atoms with Gasteiger partial charge in [-0.15, -0.1) is 12.4 Å². The predicted octanol–water partition coefficient (Wildman–Crippen LogP) is 3.27. The first-order chi connectivity index (χ1) is 9.23. The average molecular weight is 355 g/mol. The van der Waals surface area contributed by atoms with Crippen LogP contribution in [0.4, 0.5) is 5.69 Å². The molecule has 0 radical (unpaired) electrons. The second-order valence-corrected chi connectivity index (χ2v) is 6.56. The van der Waals surface area contributed by atoms with Crippen molar-refractivity contribution in [1.82, 2.24) is 4.90 Å². The lowest BCUT2D eigenvalue weighted by Gasteiger charge is -2.28. The normalized spacial score (nSPS) is 11.2. The lowest BCUT2D eigenvalue weighted by Crippen LogP contribution is -2.40. The second kappa shape index (κ2) is 8.81. The van der Waals surface area contributed by atoms with Crippen LogP contribution in [0.5, 0.6) is 0 Å². The van der Waals surface area contributed by atoms with Gasteiger partial charge in [0.15, 0.2) is 0 Å². The molecule has 120 valence electrons. The van der Waals surface area contributed by atoms with Gasteiger partial charge in [-0.25, -0.2) is 0 Å². The highest BCUT2D eigenvalue weighted by Gasteiger charge is 2.19. The molecule has 0 atom stereocenters. The van der Waals surface area contributed by atoms with Gasteiger partial charge in [0.2, 0.25) is 5.91 Å². The number of likely N-dealkylation sites (N-methyl/N-ethyl adjacent to an activating group) is 1. The summed E-state index contributed by atoms with van der Waals surface area (Å²) in [7, 11) is 1.89. The van der Waals surface area contributed by atoms with Crippen LogP contribution in [-0.4, -0.2) is 37.5 Å². The van der Waals surface area contributed by atoms with Crippen LogP contribution in [0.15, 0.2) is 18.2 Å². The number of hydrogen-bond donors (Lipinski definition) is 2. The van der Waals surface area contributed by atoms with E-state index in [4.69, 9.17) is 28.9 Å². The average Bonchev–Trinajstić information content (AvgIpc) is 2.33. The molecule has 0 aliphatic heterocycles. The van der Waals surface area contributed by atoms with Crippen molar-refractivity contribution in [2.24, 2.45) is 11.1 Å². The number of rotatable bonds is 6. The topological polar surface area (TPSA) is 58.4 Å². The molecule has 21 heavy (non-hydrogen) atoms. The van der Waals surface area contributed by atoms with Crippen molar-refractivity contribution in [2.45, 2.75) is 13.8 Å². The Bertz CT molecular complexity index is 481. The van der Waals surface area contributed by atoms with Crippen molar-refractivity contribution in [3.05, 3.63) is 28.2 Å². The minimum absolute atomic E-state index is 0. The van der Waals surface area contributed by atoms with Gasteiger partial charge in [-0.3, -0.25) is 9.69 Å². The first-order valence-electron chi connectivity index (χ1n) is 6.37. The van der Waals surface area contributed by atoms with Crippen molar-refractivity contribution in [3.8, 4) is 0 Å².